The van der Waals surface area contributed by atoms with Gasteiger partial charge < -0.3 is 10.1 Å². The lowest BCUT2D eigenvalue weighted by Crippen LogP contribution is -2.53. The summed E-state index contributed by atoms with van der Waals surface area (Å²) in [5.74, 6) is -0.382. The highest BCUT2D eigenvalue weighted by molar-refractivity contribution is 6.31. The molecule has 0 aromatic heterocycles. The number of benzene rings is 2. The zero-order chi connectivity index (χ0) is 24.8. The topological polar surface area (TPSA) is 65.1 Å². The molecule has 2 aromatic carbocycles. The van der Waals surface area contributed by atoms with E-state index in [9.17, 15) is 9.59 Å². The summed E-state index contributed by atoms with van der Waals surface area (Å²) in [7, 11) is 0. The van der Waals surface area contributed by atoms with E-state index in [0.29, 0.717) is 18.7 Å². The van der Waals surface area contributed by atoms with Crippen molar-refractivity contribution >= 4 is 23.6 Å². The maximum atomic E-state index is 13.2. The molecule has 0 spiro atoms. The number of rotatable bonds is 8. The number of esters is 1. The number of halogens is 1. The molecule has 0 unspecified atom stereocenters. The molecule has 1 fully saturated rings. The Morgan fingerprint density at radius 1 is 0.971 bits per heavy atom. The van der Waals surface area contributed by atoms with E-state index in [1.165, 1.54) is 0 Å². The fourth-order valence-corrected chi connectivity index (χ4v) is 4.93. The SMILES string of the molecule is CCOC(=O)C1=C(CN2CCN(Cc3ccccc3Cl)CC2)N(CC)C(=O)N[C@@H]1c1ccccc1. The first kappa shape index (κ1) is 25.2. The first-order valence-electron chi connectivity index (χ1n) is 12.2. The highest BCUT2D eigenvalue weighted by Gasteiger charge is 2.38. The molecule has 186 valence electrons. The lowest BCUT2D eigenvalue weighted by molar-refractivity contribution is -0.139. The van der Waals surface area contributed by atoms with Crippen molar-refractivity contribution in [3.8, 4) is 0 Å². The highest BCUT2D eigenvalue weighted by atomic mass is 35.5. The fraction of sp³-hybridized carbons (Fsp3) is 0.407. The van der Waals surface area contributed by atoms with Gasteiger partial charge in [0.05, 0.1) is 18.2 Å². The van der Waals surface area contributed by atoms with Crippen LogP contribution in [-0.4, -0.2) is 72.6 Å². The second-order valence-electron chi connectivity index (χ2n) is 8.76. The van der Waals surface area contributed by atoms with E-state index in [-0.39, 0.29) is 18.6 Å². The fourth-order valence-electron chi connectivity index (χ4n) is 4.74. The number of carbonyl (C=O) groups excluding carboxylic acids is 2. The Bertz CT molecular complexity index is 1070. The molecule has 1 N–H and O–H groups in total. The van der Waals surface area contributed by atoms with Gasteiger partial charge in [-0.25, -0.2) is 9.59 Å². The van der Waals surface area contributed by atoms with Crippen molar-refractivity contribution in [2.45, 2.75) is 26.4 Å². The molecular weight excluding hydrogens is 464 g/mol. The van der Waals surface area contributed by atoms with Crippen LogP contribution in [0.1, 0.15) is 31.0 Å². The minimum Gasteiger partial charge on any atom is -0.463 e. The summed E-state index contributed by atoms with van der Waals surface area (Å²) in [6, 6.07) is 16.8. The zero-order valence-electron chi connectivity index (χ0n) is 20.4. The lowest BCUT2D eigenvalue weighted by atomic mass is 9.94. The monoisotopic (exact) mass is 496 g/mol. The molecule has 2 aromatic rings. The molecule has 0 radical (unpaired) electrons. The summed E-state index contributed by atoms with van der Waals surface area (Å²) < 4.78 is 5.46. The molecule has 1 atom stereocenters. The molecular formula is C27H33ClN4O3. The summed E-state index contributed by atoms with van der Waals surface area (Å²) in [6.45, 7) is 9.22. The number of nitrogens with zero attached hydrogens (tertiary/aromatic N) is 3. The van der Waals surface area contributed by atoms with Gasteiger partial charge in [0, 0.05) is 56.5 Å². The van der Waals surface area contributed by atoms with Gasteiger partial charge in [0.25, 0.3) is 0 Å². The Morgan fingerprint density at radius 3 is 2.23 bits per heavy atom. The van der Waals surface area contributed by atoms with Gasteiger partial charge >= 0.3 is 12.0 Å². The van der Waals surface area contributed by atoms with Gasteiger partial charge in [0.1, 0.15) is 0 Å². The number of likely N-dealkylation sites (N-methyl/N-ethyl adjacent to an activating group) is 1. The van der Waals surface area contributed by atoms with Crippen LogP contribution in [0.4, 0.5) is 4.79 Å². The molecule has 0 bridgehead atoms. The van der Waals surface area contributed by atoms with Crippen molar-refractivity contribution < 1.29 is 14.3 Å². The standard InChI is InChI=1S/C27H33ClN4O3/c1-3-32-23(19-31-16-14-30(15-17-31)18-21-12-8-9-13-22(21)28)24(26(33)35-4-2)25(29-27(32)34)20-10-6-5-7-11-20/h5-13,25H,3-4,14-19H2,1-2H3,(H,29,34)/t25-/m1/s1. The first-order valence-corrected chi connectivity index (χ1v) is 12.6. The minimum atomic E-state index is -0.540. The summed E-state index contributed by atoms with van der Waals surface area (Å²) in [4.78, 5) is 32.6. The van der Waals surface area contributed by atoms with Gasteiger partial charge in [-0.05, 0) is 31.0 Å². The number of ether oxygens (including phenoxy) is 1. The second-order valence-corrected chi connectivity index (χ2v) is 9.17. The quantitative estimate of drug-likeness (QED) is 0.558. The zero-order valence-corrected chi connectivity index (χ0v) is 21.1. The van der Waals surface area contributed by atoms with Crippen LogP contribution < -0.4 is 5.32 Å². The molecule has 0 aliphatic carbocycles. The van der Waals surface area contributed by atoms with Gasteiger partial charge in [0.15, 0.2) is 0 Å². The van der Waals surface area contributed by atoms with Crippen molar-refractivity contribution in [1.82, 2.24) is 20.0 Å². The van der Waals surface area contributed by atoms with Crippen LogP contribution in [0, 0.1) is 0 Å². The van der Waals surface area contributed by atoms with E-state index in [1.807, 2.05) is 55.5 Å². The van der Waals surface area contributed by atoms with E-state index in [2.05, 4.69) is 21.2 Å². The maximum Gasteiger partial charge on any atom is 0.338 e. The van der Waals surface area contributed by atoms with E-state index in [4.69, 9.17) is 16.3 Å². The number of piperazine rings is 1. The Balaban J connectivity index is 1.56. The van der Waals surface area contributed by atoms with Gasteiger partial charge in [-0.2, -0.15) is 0 Å². The van der Waals surface area contributed by atoms with Crippen molar-refractivity contribution in [3.05, 3.63) is 82.0 Å². The smallest absolute Gasteiger partial charge is 0.338 e. The van der Waals surface area contributed by atoms with Crippen molar-refractivity contribution in [1.29, 1.82) is 0 Å². The minimum absolute atomic E-state index is 0.193. The number of nitrogens with one attached hydrogen (secondary N) is 1. The van der Waals surface area contributed by atoms with Crippen molar-refractivity contribution in [2.75, 3.05) is 45.9 Å². The molecule has 0 saturated carbocycles. The number of hydrogen-bond donors (Lipinski definition) is 1. The van der Waals surface area contributed by atoms with Crippen LogP contribution in [-0.2, 0) is 16.1 Å². The van der Waals surface area contributed by atoms with Crippen LogP contribution in [0.2, 0.25) is 5.02 Å². The number of amides is 2. The molecule has 35 heavy (non-hydrogen) atoms. The van der Waals surface area contributed by atoms with Crippen LogP contribution in [0.3, 0.4) is 0 Å². The number of hydrogen-bond acceptors (Lipinski definition) is 5. The first-order chi connectivity index (χ1) is 17.0. The highest BCUT2D eigenvalue weighted by Crippen LogP contribution is 2.32. The predicted molar refractivity (Wildman–Crippen MR) is 137 cm³/mol. The normalized spacial score (nSPS) is 19.6. The lowest BCUT2D eigenvalue weighted by Gasteiger charge is -2.40. The second kappa shape index (κ2) is 11.7. The Kier molecular flexibility index (Phi) is 8.44. The average Bonchev–Trinajstić information content (AvgIpc) is 2.87. The van der Waals surface area contributed by atoms with E-state index < -0.39 is 6.04 Å². The van der Waals surface area contributed by atoms with Crippen LogP contribution in [0.5, 0.6) is 0 Å². The third kappa shape index (κ3) is 5.86. The third-order valence-corrected chi connectivity index (χ3v) is 6.94. The van der Waals surface area contributed by atoms with Gasteiger partial charge in [-0.3, -0.25) is 14.7 Å². The Morgan fingerprint density at radius 2 is 1.60 bits per heavy atom. The molecule has 7 nitrogen and oxygen atoms in total. The summed E-state index contributed by atoms with van der Waals surface area (Å²) >= 11 is 6.35. The van der Waals surface area contributed by atoms with Crippen LogP contribution in [0.15, 0.2) is 65.9 Å². The third-order valence-electron chi connectivity index (χ3n) is 6.57. The predicted octanol–water partition coefficient (Wildman–Crippen LogP) is 4.06. The molecule has 8 heteroatoms. The van der Waals surface area contributed by atoms with E-state index >= 15 is 0 Å². The molecule has 2 aliphatic heterocycles. The van der Waals surface area contributed by atoms with E-state index in [1.54, 1.807) is 11.8 Å². The van der Waals surface area contributed by atoms with Gasteiger partial charge in [-0.15, -0.1) is 0 Å². The molecule has 2 aliphatic rings. The van der Waals surface area contributed by atoms with Crippen LogP contribution in [0.25, 0.3) is 0 Å². The number of carbonyl (C=O) groups is 2. The van der Waals surface area contributed by atoms with Crippen molar-refractivity contribution in [3.63, 3.8) is 0 Å². The summed E-state index contributed by atoms with van der Waals surface area (Å²) in [6.07, 6.45) is 0. The Hall–Kier alpha value is -2.87. The maximum absolute atomic E-state index is 13.2. The Labute approximate surface area is 212 Å². The largest absolute Gasteiger partial charge is 0.463 e. The summed E-state index contributed by atoms with van der Waals surface area (Å²) in [5.41, 5.74) is 3.23. The van der Waals surface area contributed by atoms with Crippen LogP contribution >= 0.6 is 11.6 Å². The molecule has 2 amide bonds. The number of urea groups is 1. The van der Waals surface area contributed by atoms with Gasteiger partial charge in [-0.1, -0.05) is 60.1 Å². The van der Waals surface area contributed by atoms with E-state index in [0.717, 1.165) is 54.6 Å². The molecule has 2 heterocycles. The summed E-state index contributed by atoms with van der Waals surface area (Å²) in [5, 5.41) is 3.81. The molecule has 4 rings (SSSR count). The van der Waals surface area contributed by atoms with Crippen molar-refractivity contribution in [2.24, 2.45) is 0 Å². The van der Waals surface area contributed by atoms with Gasteiger partial charge in [0.2, 0.25) is 0 Å². The molecule has 1 saturated heterocycles. The average molecular weight is 497 g/mol.